The molecule has 0 unspecified atom stereocenters. The fraction of sp³-hybridized carbons (Fsp3) is 0.400. The van der Waals surface area contributed by atoms with Crippen molar-refractivity contribution in [3.63, 3.8) is 0 Å². The van der Waals surface area contributed by atoms with Gasteiger partial charge in [0.05, 0.1) is 12.2 Å². The first-order chi connectivity index (χ1) is 10.1. The largest absolute Gasteiger partial charge is 0.459 e. The van der Waals surface area contributed by atoms with Gasteiger partial charge in [0.15, 0.2) is 0 Å². The number of carbonyl (C=O) groups is 3. The first kappa shape index (κ1) is 20.8. The van der Waals surface area contributed by atoms with E-state index in [2.05, 4.69) is 16.9 Å². The van der Waals surface area contributed by atoms with Gasteiger partial charge in [0.25, 0.3) is 5.91 Å². The highest BCUT2D eigenvalue weighted by molar-refractivity contribution is 6.32. The average Bonchev–Trinajstić information content (AvgIpc) is 2.57. The number of esters is 1. The lowest BCUT2D eigenvalue weighted by molar-refractivity contribution is -0.154. The molecule has 2 N–H and O–H groups in total. The van der Waals surface area contributed by atoms with Gasteiger partial charge in [0.2, 0.25) is 0 Å². The molecule has 0 radical (unpaired) electrons. The van der Waals surface area contributed by atoms with Crippen LogP contribution in [0.5, 0.6) is 0 Å². The molecule has 0 spiro atoms. The SMILES string of the molecule is CC.CC.CCOC(=O)C(=O)NNC(=O)c1c#cccc1. The predicted molar refractivity (Wildman–Crippen MR) is 79.1 cm³/mol. The Morgan fingerprint density at radius 3 is 2.24 bits per heavy atom. The Morgan fingerprint density at radius 1 is 1.14 bits per heavy atom. The zero-order valence-corrected chi connectivity index (χ0v) is 13.1. The number of ether oxygens (including phenoxy) is 1. The summed E-state index contributed by atoms with van der Waals surface area (Å²) in [5.41, 5.74) is 4.16. The number of carbonyl (C=O) groups excluding carboxylic acids is 3. The molecule has 0 aliphatic carbocycles. The summed E-state index contributed by atoms with van der Waals surface area (Å²) in [6.45, 7) is 9.65. The fourth-order valence-corrected chi connectivity index (χ4v) is 0.915. The van der Waals surface area contributed by atoms with Gasteiger partial charge in [-0.3, -0.25) is 20.4 Å². The third kappa shape index (κ3) is 9.05. The van der Waals surface area contributed by atoms with Crippen LogP contribution in [0.25, 0.3) is 0 Å². The van der Waals surface area contributed by atoms with Crippen LogP contribution >= 0.6 is 0 Å². The van der Waals surface area contributed by atoms with Crippen molar-refractivity contribution in [1.82, 2.24) is 10.9 Å². The van der Waals surface area contributed by atoms with Crippen molar-refractivity contribution in [2.24, 2.45) is 0 Å². The lowest BCUT2D eigenvalue weighted by Gasteiger charge is -2.05. The Labute approximate surface area is 125 Å². The van der Waals surface area contributed by atoms with E-state index in [1.807, 2.05) is 38.5 Å². The normalized spacial score (nSPS) is 7.67. The molecule has 1 rings (SSSR count). The molecule has 0 bridgehead atoms. The Morgan fingerprint density at radius 2 is 1.76 bits per heavy atom. The second kappa shape index (κ2) is 13.9. The van der Waals surface area contributed by atoms with Crippen molar-refractivity contribution >= 4 is 17.8 Å². The highest BCUT2D eigenvalue weighted by atomic mass is 16.5. The molecule has 0 aromatic heterocycles. The number of hydrogen-bond acceptors (Lipinski definition) is 4. The van der Waals surface area contributed by atoms with Crippen molar-refractivity contribution < 1.29 is 19.1 Å². The molecule has 116 valence electrons. The van der Waals surface area contributed by atoms with Gasteiger partial charge in [-0.05, 0) is 19.1 Å². The minimum atomic E-state index is -1.06. The van der Waals surface area contributed by atoms with Crippen LogP contribution in [0.1, 0.15) is 45.0 Å². The lowest BCUT2D eigenvalue weighted by Crippen LogP contribution is -2.45. The van der Waals surface area contributed by atoms with Gasteiger partial charge in [-0.25, -0.2) is 4.79 Å². The lowest BCUT2D eigenvalue weighted by atomic mass is 10.2. The first-order valence-electron chi connectivity index (χ1n) is 6.81. The van der Waals surface area contributed by atoms with Crippen LogP contribution in [0.4, 0.5) is 0 Å². The standard InChI is InChI=1S/C11H10N2O4.2C2H6/c1-2-17-11(16)10(15)13-12-9(14)8-6-4-3-5-7-8;2*1-2/h3-4,6H,2H2,1H3,(H,12,14)(H,13,15);2*1-2H3. The van der Waals surface area contributed by atoms with Gasteiger partial charge in [-0.2, -0.15) is 0 Å². The molecule has 0 fully saturated rings. The van der Waals surface area contributed by atoms with Crippen molar-refractivity contribution in [3.8, 4) is 0 Å². The van der Waals surface area contributed by atoms with E-state index in [0.29, 0.717) is 0 Å². The fourth-order valence-electron chi connectivity index (χ4n) is 0.915. The quantitative estimate of drug-likeness (QED) is 0.493. The molecule has 0 saturated heterocycles. The number of rotatable bonds is 2. The van der Waals surface area contributed by atoms with Crippen LogP contribution < -0.4 is 10.9 Å². The first-order valence-corrected chi connectivity index (χ1v) is 6.81. The molecular weight excluding hydrogens is 272 g/mol. The zero-order chi connectivity index (χ0) is 16.7. The van der Waals surface area contributed by atoms with E-state index < -0.39 is 17.8 Å². The van der Waals surface area contributed by atoms with E-state index in [0.717, 1.165) is 0 Å². The topological polar surface area (TPSA) is 84.5 Å². The molecular formula is C15H22N2O4. The molecule has 0 saturated carbocycles. The summed E-state index contributed by atoms with van der Waals surface area (Å²) >= 11 is 0. The molecule has 1 aromatic rings. The Bertz CT molecular complexity index is 419. The third-order valence-corrected chi connectivity index (χ3v) is 1.64. The van der Waals surface area contributed by atoms with Crippen molar-refractivity contribution in [3.05, 3.63) is 35.9 Å². The zero-order valence-electron chi connectivity index (χ0n) is 13.1. The molecule has 0 aliphatic rings. The van der Waals surface area contributed by atoms with Crippen molar-refractivity contribution in [1.29, 1.82) is 0 Å². The molecule has 0 atom stereocenters. The second-order valence-electron chi connectivity index (χ2n) is 2.84. The number of hydrogen-bond donors (Lipinski definition) is 2. The third-order valence-electron chi connectivity index (χ3n) is 1.64. The van der Waals surface area contributed by atoms with E-state index in [1.54, 1.807) is 19.1 Å². The summed E-state index contributed by atoms with van der Waals surface area (Å²) in [7, 11) is 0. The van der Waals surface area contributed by atoms with Gasteiger partial charge in [0.1, 0.15) is 0 Å². The van der Waals surface area contributed by atoms with Gasteiger partial charge < -0.3 is 4.74 Å². The van der Waals surface area contributed by atoms with Gasteiger partial charge in [-0.1, -0.05) is 45.9 Å². The Kier molecular flexibility index (Phi) is 13.7. The summed E-state index contributed by atoms with van der Waals surface area (Å²) in [6, 6.07) is 9.79. The number of hydrazine groups is 1. The monoisotopic (exact) mass is 294 g/mol. The smallest absolute Gasteiger partial charge is 0.398 e. The highest BCUT2D eigenvalue weighted by Gasteiger charge is 2.15. The van der Waals surface area contributed by atoms with E-state index >= 15 is 0 Å². The number of nitrogens with one attached hydrogen (secondary N) is 2. The van der Waals surface area contributed by atoms with E-state index in [-0.39, 0.29) is 12.2 Å². The summed E-state index contributed by atoms with van der Waals surface area (Å²) < 4.78 is 4.43. The predicted octanol–water partition coefficient (Wildman–Crippen LogP) is 1.66. The van der Waals surface area contributed by atoms with Crippen LogP contribution in [0.15, 0.2) is 18.2 Å². The minimum absolute atomic E-state index is 0.0849. The highest BCUT2D eigenvalue weighted by Crippen LogP contribution is 1.91. The van der Waals surface area contributed by atoms with Crippen LogP contribution in [-0.2, 0) is 14.3 Å². The minimum Gasteiger partial charge on any atom is -0.459 e. The van der Waals surface area contributed by atoms with Crippen LogP contribution in [0, 0.1) is 12.1 Å². The van der Waals surface area contributed by atoms with Gasteiger partial charge >= 0.3 is 11.9 Å². The van der Waals surface area contributed by atoms with E-state index in [9.17, 15) is 14.4 Å². The molecule has 2 amide bonds. The number of amides is 2. The summed E-state index contributed by atoms with van der Waals surface area (Å²) in [4.78, 5) is 33.3. The molecule has 21 heavy (non-hydrogen) atoms. The Balaban J connectivity index is 0. The molecule has 6 nitrogen and oxygen atoms in total. The van der Waals surface area contributed by atoms with Gasteiger partial charge in [-0.15, -0.1) is 0 Å². The summed E-state index contributed by atoms with van der Waals surface area (Å²) in [5.74, 6) is -2.70. The maximum Gasteiger partial charge on any atom is 0.398 e. The molecule has 6 heteroatoms. The summed E-state index contributed by atoms with van der Waals surface area (Å²) in [5, 5.41) is 0. The molecule has 1 aromatic carbocycles. The molecule has 0 heterocycles. The Hall–Kier alpha value is -2.55. The van der Waals surface area contributed by atoms with E-state index in [4.69, 9.17) is 0 Å². The maximum absolute atomic E-state index is 11.4. The van der Waals surface area contributed by atoms with Crippen LogP contribution in [0.3, 0.4) is 0 Å². The van der Waals surface area contributed by atoms with Crippen molar-refractivity contribution in [2.45, 2.75) is 34.6 Å². The van der Waals surface area contributed by atoms with Gasteiger partial charge in [0, 0.05) is 0 Å². The van der Waals surface area contributed by atoms with Crippen LogP contribution in [0.2, 0.25) is 0 Å². The summed E-state index contributed by atoms with van der Waals surface area (Å²) in [6.07, 6.45) is 0. The van der Waals surface area contributed by atoms with Crippen LogP contribution in [-0.4, -0.2) is 24.4 Å². The average molecular weight is 294 g/mol. The molecule has 0 aliphatic heterocycles. The van der Waals surface area contributed by atoms with Crippen molar-refractivity contribution in [2.75, 3.05) is 6.61 Å². The second-order valence-corrected chi connectivity index (χ2v) is 2.84. The van der Waals surface area contributed by atoms with E-state index in [1.165, 1.54) is 6.07 Å². The maximum atomic E-state index is 11.4.